The summed E-state index contributed by atoms with van der Waals surface area (Å²) in [5.41, 5.74) is 1.61. The Morgan fingerprint density at radius 2 is 2.20 bits per heavy atom. The van der Waals surface area contributed by atoms with Crippen LogP contribution in [-0.4, -0.2) is 41.1 Å². The Morgan fingerprint density at radius 3 is 2.80 bits per heavy atom. The number of ether oxygens (including phenoxy) is 1. The van der Waals surface area contributed by atoms with Gasteiger partial charge in [0, 0.05) is 14.1 Å². The first-order chi connectivity index (χ1) is 9.58. The molecule has 0 bridgehead atoms. The number of benzene rings is 1. The number of fused-ring (bicyclic) bond motifs is 1. The van der Waals surface area contributed by atoms with E-state index < -0.39 is 0 Å². The van der Waals surface area contributed by atoms with Crippen LogP contribution in [0.3, 0.4) is 0 Å². The Labute approximate surface area is 123 Å². The molecule has 2 aromatic rings. The predicted molar refractivity (Wildman–Crippen MR) is 79.2 cm³/mol. The van der Waals surface area contributed by atoms with Crippen LogP contribution in [-0.2, 0) is 17.2 Å². The third-order valence-electron chi connectivity index (χ3n) is 3.03. The summed E-state index contributed by atoms with van der Waals surface area (Å²) < 4.78 is 7.41. The summed E-state index contributed by atoms with van der Waals surface area (Å²) in [6.45, 7) is 2.72. The highest BCUT2D eigenvalue weighted by Gasteiger charge is 2.16. The Hall–Kier alpha value is -1.75. The standard InChI is InChI=1S/C14H18ClN3O2/c1-4-20-11-7-5-6-10-14(11)16-12(8-15)18(10)9-13(19)17(2)3/h5-7H,4,8-9H2,1-3H3. The number of amides is 1. The molecule has 0 saturated heterocycles. The molecule has 5 nitrogen and oxygen atoms in total. The molecule has 20 heavy (non-hydrogen) atoms. The number of carbonyl (C=O) groups excluding carboxylic acids is 1. The van der Waals surface area contributed by atoms with Gasteiger partial charge in [0.1, 0.15) is 23.6 Å². The molecule has 1 amide bonds. The van der Waals surface area contributed by atoms with Crippen LogP contribution in [0.2, 0.25) is 0 Å². The molecule has 0 N–H and O–H groups in total. The van der Waals surface area contributed by atoms with Crippen LogP contribution >= 0.6 is 11.6 Å². The van der Waals surface area contributed by atoms with Crippen LogP contribution < -0.4 is 4.74 Å². The van der Waals surface area contributed by atoms with E-state index in [2.05, 4.69) is 4.98 Å². The van der Waals surface area contributed by atoms with Gasteiger partial charge in [-0.05, 0) is 19.1 Å². The summed E-state index contributed by atoms with van der Waals surface area (Å²) in [6, 6.07) is 5.68. The van der Waals surface area contributed by atoms with Gasteiger partial charge < -0.3 is 14.2 Å². The maximum atomic E-state index is 11.9. The third kappa shape index (κ3) is 2.72. The summed E-state index contributed by atoms with van der Waals surface area (Å²) in [6.07, 6.45) is 0. The molecule has 0 atom stereocenters. The molecule has 2 rings (SSSR count). The number of carbonyl (C=O) groups is 1. The Balaban J connectivity index is 2.52. The molecule has 1 heterocycles. The van der Waals surface area contributed by atoms with E-state index in [1.165, 1.54) is 0 Å². The zero-order valence-corrected chi connectivity index (χ0v) is 12.6. The van der Waals surface area contributed by atoms with Gasteiger partial charge in [-0.3, -0.25) is 4.79 Å². The molecule has 0 spiro atoms. The number of alkyl halides is 1. The average Bonchev–Trinajstić information content (AvgIpc) is 2.78. The molecule has 6 heteroatoms. The number of hydrogen-bond acceptors (Lipinski definition) is 3. The van der Waals surface area contributed by atoms with E-state index in [1.54, 1.807) is 19.0 Å². The second-order valence-corrected chi connectivity index (χ2v) is 4.86. The predicted octanol–water partition coefficient (Wildman–Crippen LogP) is 2.26. The third-order valence-corrected chi connectivity index (χ3v) is 3.27. The Bertz CT molecular complexity index is 622. The summed E-state index contributed by atoms with van der Waals surface area (Å²) in [5.74, 6) is 1.63. The number of halogens is 1. The van der Waals surface area contributed by atoms with Crippen molar-refractivity contribution >= 4 is 28.5 Å². The number of rotatable bonds is 5. The molecule has 1 aromatic heterocycles. The van der Waals surface area contributed by atoms with Gasteiger partial charge in [0.05, 0.1) is 18.0 Å². The fourth-order valence-corrected chi connectivity index (χ4v) is 2.20. The lowest BCUT2D eigenvalue weighted by atomic mass is 10.3. The van der Waals surface area contributed by atoms with Gasteiger partial charge in [-0.25, -0.2) is 4.98 Å². The van der Waals surface area contributed by atoms with Gasteiger partial charge in [-0.1, -0.05) is 6.07 Å². The van der Waals surface area contributed by atoms with Crippen molar-refractivity contribution in [3.63, 3.8) is 0 Å². The molecule has 1 aromatic carbocycles. The average molecular weight is 296 g/mol. The minimum Gasteiger partial charge on any atom is -0.492 e. The minimum atomic E-state index is -0.00233. The van der Waals surface area contributed by atoms with E-state index in [0.717, 1.165) is 11.0 Å². The molecule has 0 aliphatic heterocycles. The van der Waals surface area contributed by atoms with Gasteiger partial charge in [-0.15, -0.1) is 11.6 Å². The van der Waals surface area contributed by atoms with Crippen molar-refractivity contribution < 1.29 is 9.53 Å². The zero-order chi connectivity index (χ0) is 14.7. The fraction of sp³-hybridized carbons (Fsp3) is 0.429. The number of likely N-dealkylation sites (N-methyl/N-ethyl adjacent to an activating group) is 1. The number of aromatic nitrogens is 2. The van der Waals surface area contributed by atoms with Crippen molar-refractivity contribution in [1.82, 2.24) is 14.5 Å². The van der Waals surface area contributed by atoms with Crippen molar-refractivity contribution in [1.29, 1.82) is 0 Å². The minimum absolute atomic E-state index is 0.00233. The maximum absolute atomic E-state index is 11.9. The fourth-order valence-electron chi connectivity index (χ4n) is 2.00. The first-order valence-corrected chi connectivity index (χ1v) is 6.99. The SMILES string of the molecule is CCOc1cccc2c1nc(CCl)n2CC(=O)N(C)C. The number of hydrogen-bond donors (Lipinski definition) is 0. The van der Waals surface area contributed by atoms with E-state index >= 15 is 0 Å². The lowest BCUT2D eigenvalue weighted by molar-refractivity contribution is -0.129. The molecule has 0 saturated carbocycles. The van der Waals surface area contributed by atoms with E-state index in [-0.39, 0.29) is 18.3 Å². The molecule has 0 aliphatic carbocycles. The maximum Gasteiger partial charge on any atom is 0.242 e. The number of nitrogens with zero attached hydrogens (tertiary/aromatic N) is 3. The van der Waals surface area contributed by atoms with Crippen LogP contribution in [0, 0.1) is 0 Å². The molecule has 0 aliphatic rings. The number of imidazole rings is 1. The highest BCUT2D eigenvalue weighted by molar-refractivity contribution is 6.17. The van der Waals surface area contributed by atoms with Crippen LogP contribution in [0.4, 0.5) is 0 Å². The summed E-state index contributed by atoms with van der Waals surface area (Å²) in [5, 5.41) is 0. The molecule has 0 fully saturated rings. The lowest BCUT2D eigenvalue weighted by Gasteiger charge is -2.12. The van der Waals surface area contributed by atoms with Crippen LogP contribution in [0.25, 0.3) is 11.0 Å². The molecule has 0 radical (unpaired) electrons. The Kier molecular flexibility index (Phi) is 4.49. The lowest BCUT2D eigenvalue weighted by Crippen LogP contribution is -2.26. The van der Waals surface area contributed by atoms with Crippen LogP contribution in [0.1, 0.15) is 12.7 Å². The first kappa shape index (κ1) is 14.7. The van der Waals surface area contributed by atoms with Gasteiger partial charge in [0.2, 0.25) is 5.91 Å². The van der Waals surface area contributed by atoms with E-state index in [4.69, 9.17) is 16.3 Å². The smallest absolute Gasteiger partial charge is 0.242 e. The summed E-state index contributed by atoms with van der Waals surface area (Å²) in [4.78, 5) is 18.0. The zero-order valence-electron chi connectivity index (χ0n) is 11.9. The topological polar surface area (TPSA) is 47.4 Å². The second-order valence-electron chi connectivity index (χ2n) is 4.59. The highest BCUT2D eigenvalue weighted by atomic mass is 35.5. The van der Waals surface area contributed by atoms with Crippen molar-refractivity contribution in [2.75, 3.05) is 20.7 Å². The summed E-state index contributed by atoms with van der Waals surface area (Å²) in [7, 11) is 3.46. The van der Waals surface area contributed by atoms with Crippen LogP contribution in [0.5, 0.6) is 5.75 Å². The normalized spacial score (nSPS) is 10.8. The first-order valence-electron chi connectivity index (χ1n) is 6.45. The van der Waals surface area contributed by atoms with Crippen molar-refractivity contribution in [2.24, 2.45) is 0 Å². The second kappa shape index (κ2) is 6.13. The summed E-state index contributed by atoms with van der Waals surface area (Å²) >= 11 is 5.95. The largest absolute Gasteiger partial charge is 0.492 e. The van der Waals surface area contributed by atoms with Gasteiger partial charge >= 0.3 is 0 Å². The van der Waals surface area contributed by atoms with Crippen molar-refractivity contribution in [3.05, 3.63) is 24.0 Å². The van der Waals surface area contributed by atoms with E-state index in [1.807, 2.05) is 29.7 Å². The monoisotopic (exact) mass is 295 g/mol. The quantitative estimate of drug-likeness (QED) is 0.795. The van der Waals surface area contributed by atoms with E-state index in [9.17, 15) is 4.79 Å². The van der Waals surface area contributed by atoms with Crippen LogP contribution in [0.15, 0.2) is 18.2 Å². The van der Waals surface area contributed by atoms with Crippen molar-refractivity contribution in [2.45, 2.75) is 19.3 Å². The number of para-hydroxylation sites is 1. The van der Waals surface area contributed by atoms with Gasteiger partial charge in [0.15, 0.2) is 0 Å². The molecular weight excluding hydrogens is 278 g/mol. The van der Waals surface area contributed by atoms with E-state index in [0.29, 0.717) is 18.2 Å². The Morgan fingerprint density at radius 1 is 1.45 bits per heavy atom. The van der Waals surface area contributed by atoms with Crippen molar-refractivity contribution in [3.8, 4) is 5.75 Å². The highest BCUT2D eigenvalue weighted by Crippen LogP contribution is 2.26. The molecule has 0 unspecified atom stereocenters. The molecule has 108 valence electrons. The van der Waals surface area contributed by atoms with Gasteiger partial charge in [0.25, 0.3) is 0 Å². The van der Waals surface area contributed by atoms with Gasteiger partial charge in [-0.2, -0.15) is 0 Å². The molecular formula is C14H18ClN3O2.